The number of nitrogens with one attached hydrogen (secondary N) is 1. The normalized spacial score (nSPS) is 10.7. The van der Waals surface area contributed by atoms with Gasteiger partial charge in [0, 0.05) is 10.9 Å². The Morgan fingerprint density at radius 2 is 1.38 bits per heavy atom. The molecular weight excluding hydrogens is 298 g/mol. The zero-order chi connectivity index (χ0) is 16.4. The van der Waals surface area contributed by atoms with Crippen LogP contribution >= 0.6 is 0 Å². The lowest BCUT2D eigenvalue weighted by atomic mass is 10.0. The molecule has 0 saturated carbocycles. The molecule has 24 heavy (non-hydrogen) atoms. The third kappa shape index (κ3) is 2.57. The zero-order valence-corrected chi connectivity index (χ0v) is 12.9. The molecule has 0 aliphatic heterocycles. The van der Waals surface area contributed by atoms with Gasteiger partial charge < -0.3 is 9.72 Å². The maximum atomic E-state index is 12.4. The minimum atomic E-state index is -0.376. The zero-order valence-electron chi connectivity index (χ0n) is 12.9. The third-order valence-corrected chi connectivity index (χ3v) is 3.94. The van der Waals surface area contributed by atoms with Gasteiger partial charge in [-0.3, -0.25) is 0 Å². The first-order chi connectivity index (χ1) is 11.8. The van der Waals surface area contributed by atoms with Gasteiger partial charge in [-0.05, 0) is 23.8 Å². The standard InChI is InChI=1S/C21H15NO2/c23-21(16-11-5-2-6-12-16)24-20-19(15-9-3-1-4-10-15)17-13-7-8-14-18(17)22-20/h1-14,22H. The number of aromatic nitrogens is 1. The molecule has 1 N–H and O–H groups in total. The van der Waals surface area contributed by atoms with Crippen molar-refractivity contribution in [3.63, 3.8) is 0 Å². The van der Waals surface area contributed by atoms with Crippen LogP contribution in [0.25, 0.3) is 22.0 Å². The Hall–Kier alpha value is -3.33. The van der Waals surface area contributed by atoms with Gasteiger partial charge in [0.25, 0.3) is 0 Å². The highest BCUT2D eigenvalue weighted by Crippen LogP contribution is 2.37. The van der Waals surface area contributed by atoms with Gasteiger partial charge in [0.05, 0.1) is 11.1 Å². The van der Waals surface area contributed by atoms with Crippen LogP contribution in [0.15, 0.2) is 84.9 Å². The molecule has 0 spiro atoms. The number of rotatable bonds is 3. The average molecular weight is 313 g/mol. The number of ether oxygens (including phenoxy) is 1. The summed E-state index contributed by atoms with van der Waals surface area (Å²) < 4.78 is 5.68. The van der Waals surface area contributed by atoms with E-state index in [1.54, 1.807) is 12.1 Å². The van der Waals surface area contributed by atoms with Crippen molar-refractivity contribution in [2.75, 3.05) is 0 Å². The van der Waals surface area contributed by atoms with Gasteiger partial charge in [0.15, 0.2) is 0 Å². The Morgan fingerprint density at radius 1 is 0.750 bits per heavy atom. The third-order valence-electron chi connectivity index (χ3n) is 3.94. The fourth-order valence-electron chi connectivity index (χ4n) is 2.81. The molecule has 116 valence electrons. The molecule has 0 saturated heterocycles. The van der Waals surface area contributed by atoms with Gasteiger partial charge in [-0.25, -0.2) is 4.79 Å². The molecule has 0 aliphatic carbocycles. The van der Waals surface area contributed by atoms with E-state index in [4.69, 9.17) is 4.74 Å². The van der Waals surface area contributed by atoms with Crippen molar-refractivity contribution >= 4 is 16.9 Å². The predicted molar refractivity (Wildman–Crippen MR) is 95.1 cm³/mol. The van der Waals surface area contributed by atoms with Crippen molar-refractivity contribution in [2.45, 2.75) is 0 Å². The van der Waals surface area contributed by atoms with Crippen molar-refractivity contribution < 1.29 is 9.53 Å². The summed E-state index contributed by atoms with van der Waals surface area (Å²) in [6.07, 6.45) is 0. The van der Waals surface area contributed by atoms with Crippen molar-refractivity contribution in [1.29, 1.82) is 0 Å². The van der Waals surface area contributed by atoms with Crippen molar-refractivity contribution in [2.24, 2.45) is 0 Å². The summed E-state index contributed by atoms with van der Waals surface area (Å²) in [6, 6.07) is 26.9. The van der Waals surface area contributed by atoms with Gasteiger partial charge in [-0.2, -0.15) is 0 Å². The summed E-state index contributed by atoms with van der Waals surface area (Å²) in [7, 11) is 0. The predicted octanol–water partition coefficient (Wildman–Crippen LogP) is 5.05. The summed E-state index contributed by atoms with van der Waals surface area (Å²) in [6.45, 7) is 0. The SMILES string of the molecule is O=C(Oc1[nH]c2ccccc2c1-c1ccccc1)c1ccccc1. The molecule has 1 aromatic heterocycles. The molecule has 4 aromatic rings. The average Bonchev–Trinajstić information content (AvgIpc) is 3.01. The first-order valence-corrected chi connectivity index (χ1v) is 7.76. The lowest BCUT2D eigenvalue weighted by Crippen LogP contribution is -2.08. The van der Waals surface area contributed by atoms with E-state index in [9.17, 15) is 4.79 Å². The number of carbonyl (C=O) groups excluding carboxylic acids is 1. The smallest absolute Gasteiger partial charge is 0.344 e. The second-order valence-electron chi connectivity index (χ2n) is 5.50. The number of hydrogen-bond donors (Lipinski definition) is 1. The minimum absolute atomic E-state index is 0.376. The Bertz CT molecular complexity index is 988. The van der Waals surface area contributed by atoms with Gasteiger partial charge in [0.2, 0.25) is 5.88 Å². The van der Waals surface area contributed by atoms with Crippen LogP contribution in [0.5, 0.6) is 5.88 Å². The molecule has 1 heterocycles. The molecule has 0 fully saturated rings. The van der Waals surface area contributed by atoms with E-state index in [0.717, 1.165) is 22.0 Å². The fourth-order valence-corrected chi connectivity index (χ4v) is 2.81. The Balaban J connectivity index is 1.82. The number of H-pyrrole nitrogens is 1. The molecule has 0 unspecified atom stereocenters. The number of esters is 1. The number of carbonyl (C=O) groups is 1. The van der Waals surface area contributed by atoms with E-state index in [0.29, 0.717) is 11.4 Å². The number of aromatic amines is 1. The monoisotopic (exact) mass is 313 g/mol. The van der Waals surface area contributed by atoms with Crippen LogP contribution in [0, 0.1) is 0 Å². The van der Waals surface area contributed by atoms with Crippen LogP contribution in [0.3, 0.4) is 0 Å². The summed E-state index contributed by atoms with van der Waals surface area (Å²) in [4.78, 5) is 15.7. The largest absolute Gasteiger partial charge is 0.405 e. The van der Waals surface area contributed by atoms with E-state index in [1.165, 1.54) is 0 Å². The lowest BCUT2D eigenvalue weighted by molar-refractivity contribution is 0.0729. The fraction of sp³-hybridized carbons (Fsp3) is 0. The Morgan fingerprint density at radius 3 is 2.12 bits per heavy atom. The summed E-state index contributed by atoms with van der Waals surface area (Å²) in [5.41, 5.74) is 3.36. The summed E-state index contributed by atoms with van der Waals surface area (Å²) in [5.74, 6) is 0.0931. The highest BCUT2D eigenvalue weighted by Gasteiger charge is 2.17. The number of hydrogen-bond acceptors (Lipinski definition) is 2. The number of benzene rings is 3. The topological polar surface area (TPSA) is 42.1 Å². The molecule has 3 nitrogen and oxygen atoms in total. The van der Waals surface area contributed by atoms with Crippen LogP contribution in [0.2, 0.25) is 0 Å². The van der Waals surface area contributed by atoms with Crippen LogP contribution in [-0.2, 0) is 0 Å². The second-order valence-corrected chi connectivity index (χ2v) is 5.50. The van der Waals surface area contributed by atoms with Crippen molar-refractivity contribution in [1.82, 2.24) is 4.98 Å². The van der Waals surface area contributed by atoms with Crippen LogP contribution in [-0.4, -0.2) is 11.0 Å². The van der Waals surface area contributed by atoms with Crippen LogP contribution in [0.4, 0.5) is 0 Å². The molecule has 4 rings (SSSR count). The highest BCUT2D eigenvalue weighted by atomic mass is 16.5. The highest BCUT2D eigenvalue weighted by molar-refractivity contribution is 6.01. The minimum Gasteiger partial charge on any atom is -0.405 e. The first-order valence-electron chi connectivity index (χ1n) is 7.76. The number of fused-ring (bicyclic) bond motifs is 1. The molecule has 0 bridgehead atoms. The Labute approximate surface area is 139 Å². The summed E-state index contributed by atoms with van der Waals surface area (Å²) in [5, 5.41) is 1.03. The maximum Gasteiger partial charge on any atom is 0.344 e. The molecular formula is C21H15NO2. The first kappa shape index (κ1) is 14.3. The molecule has 3 heteroatoms. The lowest BCUT2D eigenvalue weighted by Gasteiger charge is -2.06. The van der Waals surface area contributed by atoms with E-state index >= 15 is 0 Å². The van der Waals surface area contributed by atoms with E-state index in [2.05, 4.69) is 4.98 Å². The van der Waals surface area contributed by atoms with Gasteiger partial charge >= 0.3 is 5.97 Å². The molecule has 0 aliphatic rings. The molecule has 0 radical (unpaired) electrons. The second kappa shape index (κ2) is 6.05. The van der Waals surface area contributed by atoms with Gasteiger partial charge in [-0.15, -0.1) is 0 Å². The van der Waals surface area contributed by atoms with Crippen LogP contribution < -0.4 is 4.74 Å². The summed E-state index contributed by atoms with van der Waals surface area (Å²) >= 11 is 0. The van der Waals surface area contributed by atoms with E-state index < -0.39 is 0 Å². The Kier molecular flexibility index (Phi) is 3.60. The molecule has 0 atom stereocenters. The van der Waals surface area contributed by atoms with Gasteiger partial charge in [0.1, 0.15) is 0 Å². The van der Waals surface area contributed by atoms with E-state index in [-0.39, 0.29) is 5.97 Å². The maximum absolute atomic E-state index is 12.4. The van der Waals surface area contributed by atoms with Crippen LogP contribution in [0.1, 0.15) is 10.4 Å². The number of para-hydroxylation sites is 1. The van der Waals surface area contributed by atoms with Crippen molar-refractivity contribution in [3.05, 3.63) is 90.5 Å². The quantitative estimate of drug-likeness (QED) is 0.537. The van der Waals surface area contributed by atoms with Gasteiger partial charge in [-0.1, -0.05) is 66.7 Å². The molecule has 0 amide bonds. The van der Waals surface area contributed by atoms with E-state index in [1.807, 2.05) is 72.8 Å². The van der Waals surface area contributed by atoms with Crippen molar-refractivity contribution in [3.8, 4) is 17.0 Å². The molecule has 3 aromatic carbocycles.